The highest BCUT2D eigenvalue weighted by Gasteiger charge is 2.42. The molecule has 7 heteroatoms. The van der Waals surface area contributed by atoms with Gasteiger partial charge in [-0.15, -0.1) is 0 Å². The second-order valence-electron chi connectivity index (χ2n) is 8.19. The molecule has 3 heterocycles. The van der Waals surface area contributed by atoms with Gasteiger partial charge in [-0.1, -0.05) is 23.7 Å². The molecular weight excluding hydrogens is 450 g/mol. The SMILES string of the molecule is CN(C)c1ccc(N2C(=S)N[C@H](c3ccccn3)[C@@H]2c2cccn2-c2cccc(Cl)c2)cc1. The van der Waals surface area contributed by atoms with Gasteiger partial charge in [0.2, 0.25) is 0 Å². The normalized spacial score (nSPS) is 17.8. The van der Waals surface area contributed by atoms with E-state index in [9.17, 15) is 0 Å². The summed E-state index contributed by atoms with van der Waals surface area (Å²) >= 11 is 12.2. The number of hydrogen-bond acceptors (Lipinski definition) is 3. The van der Waals surface area contributed by atoms with Crippen molar-refractivity contribution in [3.05, 3.63) is 108 Å². The molecule has 1 aliphatic rings. The van der Waals surface area contributed by atoms with Crippen LogP contribution in [0.15, 0.2) is 91.3 Å². The Morgan fingerprint density at radius 2 is 1.76 bits per heavy atom. The van der Waals surface area contributed by atoms with Gasteiger partial charge in [0.25, 0.3) is 0 Å². The zero-order valence-corrected chi connectivity index (χ0v) is 20.0. The molecule has 2 aromatic carbocycles. The highest BCUT2D eigenvalue weighted by atomic mass is 35.5. The van der Waals surface area contributed by atoms with E-state index in [-0.39, 0.29) is 12.1 Å². The molecule has 5 nitrogen and oxygen atoms in total. The lowest BCUT2D eigenvalue weighted by Crippen LogP contribution is -2.30. The van der Waals surface area contributed by atoms with Crippen LogP contribution in [-0.4, -0.2) is 28.8 Å². The number of thiocarbonyl (C=S) groups is 1. The molecule has 0 bridgehead atoms. The Balaban J connectivity index is 1.64. The third-order valence-corrected chi connectivity index (χ3v) is 6.46. The molecule has 33 heavy (non-hydrogen) atoms. The second kappa shape index (κ2) is 8.89. The molecule has 1 N–H and O–H groups in total. The highest BCUT2D eigenvalue weighted by molar-refractivity contribution is 7.80. The van der Waals surface area contributed by atoms with E-state index in [0.717, 1.165) is 28.5 Å². The standard InChI is InChI=1S/C26H24ClN5S/c1-30(2)19-11-13-20(14-12-19)32-25(24(29-26(32)33)22-9-3-4-15-28-22)23-10-6-16-31(23)21-8-5-7-18(27)17-21/h3-17,24-25H,1-2H3,(H,29,33)/t24-,25+/m1/s1. The second-order valence-corrected chi connectivity index (χ2v) is 9.01. The molecule has 1 aliphatic heterocycles. The van der Waals surface area contributed by atoms with E-state index in [0.29, 0.717) is 10.1 Å². The zero-order valence-electron chi connectivity index (χ0n) is 18.4. The van der Waals surface area contributed by atoms with Gasteiger partial charge in [-0.2, -0.15) is 0 Å². The van der Waals surface area contributed by atoms with Crippen LogP contribution < -0.4 is 15.1 Å². The van der Waals surface area contributed by atoms with Crippen LogP contribution in [-0.2, 0) is 0 Å². The third-order valence-electron chi connectivity index (χ3n) is 5.91. The first-order valence-electron chi connectivity index (χ1n) is 10.7. The van der Waals surface area contributed by atoms with Gasteiger partial charge in [0, 0.05) is 54.3 Å². The summed E-state index contributed by atoms with van der Waals surface area (Å²) in [7, 11) is 4.07. The predicted molar refractivity (Wildman–Crippen MR) is 139 cm³/mol. The fourth-order valence-electron chi connectivity index (χ4n) is 4.34. The van der Waals surface area contributed by atoms with E-state index in [1.165, 1.54) is 0 Å². The van der Waals surface area contributed by atoms with Crippen LogP contribution in [0.5, 0.6) is 0 Å². The molecule has 1 saturated heterocycles. The van der Waals surface area contributed by atoms with Crippen molar-refractivity contribution >= 4 is 40.3 Å². The average Bonchev–Trinajstić information content (AvgIpc) is 3.44. The monoisotopic (exact) mass is 473 g/mol. The van der Waals surface area contributed by atoms with Gasteiger partial charge in [0.15, 0.2) is 5.11 Å². The first kappa shape index (κ1) is 21.5. The molecule has 2 aromatic heterocycles. The number of hydrogen-bond donors (Lipinski definition) is 1. The molecule has 4 aromatic rings. The van der Waals surface area contributed by atoms with Gasteiger partial charge in [-0.05, 0) is 78.9 Å². The van der Waals surface area contributed by atoms with Crippen molar-refractivity contribution in [2.24, 2.45) is 0 Å². The molecule has 0 spiro atoms. The molecule has 1 fully saturated rings. The predicted octanol–water partition coefficient (Wildman–Crippen LogP) is 5.77. The topological polar surface area (TPSA) is 36.3 Å². The highest BCUT2D eigenvalue weighted by Crippen LogP contribution is 2.42. The maximum atomic E-state index is 6.32. The number of nitrogens with zero attached hydrogens (tertiary/aromatic N) is 4. The largest absolute Gasteiger partial charge is 0.378 e. The fraction of sp³-hybridized carbons (Fsp3) is 0.154. The minimum atomic E-state index is -0.111. The first-order chi connectivity index (χ1) is 16.0. The maximum absolute atomic E-state index is 6.32. The van der Waals surface area contributed by atoms with Crippen molar-refractivity contribution < 1.29 is 0 Å². The Labute approximate surface area is 204 Å². The van der Waals surface area contributed by atoms with Crippen LogP contribution in [0, 0.1) is 0 Å². The smallest absolute Gasteiger partial charge is 0.174 e. The van der Waals surface area contributed by atoms with Crippen molar-refractivity contribution in [1.29, 1.82) is 0 Å². The van der Waals surface area contributed by atoms with Gasteiger partial charge >= 0.3 is 0 Å². The van der Waals surface area contributed by atoms with Gasteiger partial charge in [0.05, 0.1) is 11.7 Å². The van der Waals surface area contributed by atoms with Crippen molar-refractivity contribution in [2.75, 3.05) is 23.9 Å². The van der Waals surface area contributed by atoms with E-state index in [1.54, 1.807) is 0 Å². The van der Waals surface area contributed by atoms with E-state index < -0.39 is 0 Å². The van der Waals surface area contributed by atoms with Crippen LogP contribution in [0.4, 0.5) is 11.4 Å². The van der Waals surface area contributed by atoms with E-state index >= 15 is 0 Å². The molecule has 0 radical (unpaired) electrons. The van der Waals surface area contributed by atoms with Gasteiger partial charge in [0.1, 0.15) is 6.04 Å². The van der Waals surface area contributed by atoms with Crippen molar-refractivity contribution in [3.8, 4) is 5.69 Å². The Morgan fingerprint density at radius 1 is 0.939 bits per heavy atom. The quantitative estimate of drug-likeness (QED) is 0.372. The summed E-state index contributed by atoms with van der Waals surface area (Å²) in [5.41, 5.74) is 5.20. The molecule has 2 atom stereocenters. The average molecular weight is 474 g/mol. The maximum Gasteiger partial charge on any atom is 0.174 e. The van der Waals surface area contributed by atoms with Crippen LogP contribution in [0.1, 0.15) is 23.5 Å². The lowest BCUT2D eigenvalue weighted by atomic mass is 10.0. The van der Waals surface area contributed by atoms with Crippen molar-refractivity contribution in [2.45, 2.75) is 12.1 Å². The first-order valence-corrected chi connectivity index (χ1v) is 11.5. The summed E-state index contributed by atoms with van der Waals surface area (Å²) in [6, 6.07) is 26.3. The number of aromatic nitrogens is 2. The Bertz CT molecular complexity index is 1270. The molecule has 0 unspecified atom stereocenters. The lowest BCUT2D eigenvalue weighted by Gasteiger charge is -2.29. The number of nitrogens with one attached hydrogen (secondary N) is 1. The summed E-state index contributed by atoms with van der Waals surface area (Å²) in [5, 5.41) is 4.90. The molecule has 0 aliphatic carbocycles. The molecular formula is C26H24ClN5S. The lowest BCUT2D eigenvalue weighted by molar-refractivity contribution is 0.549. The number of halogens is 1. The van der Waals surface area contributed by atoms with Gasteiger partial charge in [-0.3, -0.25) is 4.98 Å². The summed E-state index contributed by atoms with van der Waals surface area (Å²) in [5.74, 6) is 0. The van der Waals surface area contributed by atoms with Crippen LogP contribution in [0.3, 0.4) is 0 Å². The minimum absolute atomic E-state index is 0.105. The van der Waals surface area contributed by atoms with Gasteiger partial charge in [-0.25, -0.2) is 0 Å². The molecule has 0 amide bonds. The summed E-state index contributed by atoms with van der Waals surface area (Å²) < 4.78 is 2.17. The van der Waals surface area contributed by atoms with Crippen LogP contribution in [0.25, 0.3) is 5.69 Å². The van der Waals surface area contributed by atoms with Gasteiger partial charge < -0.3 is 19.7 Å². The number of pyridine rings is 1. The Kier molecular flexibility index (Phi) is 5.79. The minimum Gasteiger partial charge on any atom is -0.378 e. The van der Waals surface area contributed by atoms with Crippen LogP contribution >= 0.6 is 23.8 Å². The van der Waals surface area contributed by atoms with Crippen LogP contribution in [0.2, 0.25) is 5.02 Å². The Hall–Kier alpha value is -3.35. The molecule has 5 rings (SSSR count). The van der Waals surface area contributed by atoms with Crippen molar-refractivity contribution in [1.82, 2.24) is 14.9 Å². The third kappa shape index (κ3) is 4.08. The summed E-state index contributed by atoms with van der Waals surface area (Å²) in [6.07, 6.45) is 3.88. The number of anilines is 2. The van der Waals surface area contributed by atoms with E-state index in [4.69, 9.17) is 23.8 Å². The Morgan fingerprint density at radius 3 is 2.45 bits per heavy atom. The van der Waals surface area contributed by atoms with Crippen molar-refractivity contribution in [3.63, 3.8) is 0 Å². The van der Waals surface area contributed by atoms with E-state index in [1.807, 2.05) is 56.7 Å². The molecule has 0 saturated carbocycles. The fourth-order valence-corrected chi connectivity index (χ4v) is 4.87. The number of rotatable bonds is 5. The number of benzene rings is 2. The van der Waals surface area contributed by atoms with E-state index in [2.05, 4.69) is 73.3 Å². The molecule has 166 valence electrons. The zero-order chi connectivity index (χ0) is 22.9. The summed E-state index contributed by atoms with van der Waals surface area (Å²) in [4.78, 5) is 8.92. The summed E-state index contributed by atoms with van der Waals surface area (Å²) in [6.45, 7) is 0.